The maximum absolute atomic E-state index is 13.6. The van der Waals surface area contributed by atoms with E-state index < -0.39 is 11.8 Å². The number of nitrogens with zero attached hydrogens (tertiary/aromatic N) is 1. The van der Waals surface area contributed by atoms with E-state index in [1.165, 1.54) is 32.7 Å². The minimum absolute atomic E-state index is 0.131. The number of amides is 2. The zero-order valence-corrected chi connectivity index (χ0v) is 19.3. The van der Waals surface area contributed by atoms with Gasteiger partial charge in [0.05, 0.1) is 45.4 Å². The highest BCUT2D eigenvalue weighted by molar-refractivity contribution is 7.11. The minimum atomic E-state index is -0.517. The molecule has 0 spiro atoms. The van der Waals surface area contributed by atoms with E-state index in [0.29, 0.717) is 39.2 Å². The second-order valence-electron chi connectivity index (χ2n) is 6.90. The van der Waals surface area contributed by atoms with Gasteiger partial charge in [0, 0.05) is 17.0 Å². The fourth-order valence-corrected chi connectivity index (χ4v) is 4.30. The number of hydrogen-bond donors (Lipinski definition) is 1. The van der Waals surface area contributed by atoms with Gasteiger partial charge in [-0.05, 0) is 35.7 Å². The number of nitrogens with one attached hydrogen (secondary N) is 1. The Hall–Kier alpha value is -3.98. The maximum atomic E-state index is 13.6. The van der Waals surface area contributed by atoms with Crippen molar-refractivity contribution < 1.29 is 28.5 Å². The molecule has 0 atom stereocenters. The average molecular weight is 467 g/mol. The Morgan fingerprint density at radius 1 is 0.788 bits per heavy atom. The number of methoxy groups -OCH3 is 4. The van der Waals surface area contributed by atoms with E-state index in [1.807, 2.05) is 11.4 Å². The van der Waals surface area contributed by atoms with Gasteiger partial charge in [-0.15, -0.1) is 11.3 Å². The summed E-state index contributed by atoms with van der Waals surface area (Å²) in [4.78, 5) is 29.0. The molecule has 0 saturated heterocycles. The van der Waals surface area contributed by atoms with E-state index in [-0.39, 0.29) is 11.3 Å². The van der Waals surface area contributed by atoms with Crippen LogP contribution in [0.15, 0.2) is 59.6 Å². The van der Waals surface area contributed by atoms with Gasteiger partial charge in [-0.3, -0.25) is 9.59 Å². The van der Waals surface area contributed by atoms with Crippen LogP contribution < -0.4 is 29.2 Å². The van der Waals surface area contributed by atoms with E-state index in [2.05, 4.69) is 5.32 Å². The molecule has 1 aromatic heterocycles. The van der Waals surface area contributed by atoms with Gasteiger partial charge >= 0.3 is 0 Å². The van der Waals surface area contributed by atoms with Crippen molar-refractivity contribution in [2.24, 2.45) is 0 Å². The first kappa shape index (κ1) is 22.2. The lowest BCUT2D eigenvalue weighted by Gasteiger charge is -2.19. The van der Waals surface area contributed by atoms with Crippen LogP contribution in [0.3, 0.4) is 0 Å². The largest absolute Gasteiger partial charge is 0.497 e. The van der Waals surface area contributed by atoms with Crippen LogP contribution in [0.5, 0.6) is 23.0 Å². The molecular weight excluding hydrogens is 444 g/mol. The zero-order valence-electron chi connectivity index (χ0n) is 18.5. The molecule has 0 bridgehead atoms. The van der Waals surface area contributed by atoms with Gasteiger partial charge in [-0.25, -0.2) is 4.90 Å². The molecule has 1 N–H and O–H groups in total. The average Bonchev–Trinajstić information content (AvgIpc) is 3.45. The lowest BCUT2D eigenvalue weighted by atomic mass is 10.1. The molecule has 2 amide bonds. The molecular formula is C24H22N2O6S. The third-order valence-corrected chi connectivity index (χ3v) is 6.03. The number of carbonyl (C=O) groups excluding carboxylic acids is 2. The first-order valence-corrected chi connectivity index (χ1v) is 10.8. The molecule has 0 saturated carbocycles. The molecule has 0 radical (unpaired) electrons. The highest BCUT2D eigenvalue weighted by Gasteiger charge is 2.42. The Morgan fingerprint density at radius 2 is 1.48 bits per heavy atom. The van der Waals surface area contributed by atoms with E-state index in [0.717, 1.165) is 4.90 Å². The van der Waals surface area contributed by atoms with Crippen LogP contribution in [0.4, 0.5) is 11.4 Å². The first-order valence-electron chi connectivity index (χ1n) is 9.90. The Kier molecular flexibility index (Phi) is 6.23. The number of rotatable bonds is 8. The lowest BCUT2D eigenvalue weighted by molar-refractivity contribution is -0.120. The van der Waals surface area contributed by atoms with Crippen molar-refractivity contribution in [1.82, 2.24) is 0 Å². The van der Waals surface area contributed by atoms with Crippen LogP contribution in [0, 0.1) is 0 Å². The molecule has 170 valence electrons. The number of thiophene rings is 1. The van der Waals surface area contributed by atoms with Crippen LogP contribution in [-0.4, -0.2) is 40.3 Å². The molecule has 33 heavy (non-hydrogen) atoms. The summed E-state index contributed by atoms with van der Waals surface area (Å²) in [6.07, 6.45) is 0. The molecule has 2 heterocycles. The molecule has 0 fully saturated rings. The highest BCUT2D eigenvalue weighted by atomic mass is 32.1. The SMILES string of the molecule is COc1ccc(OC)c(NC2=C(c3cccs3)C(=O)N(c3ccc(OC)cc3OC)C2=O)c1. The van der Waals surface area contributed by atoms with Crippen LogP contribution in [0.2, 0.25) is 0 Å². The quantitative estimate of drug-likeness (QED) is 0.499. The number of anilines is 2. The monoisotopic (exact) mass is 466 g/mol. The number of benzene rings is 2. The molecule has 3 aromatic rings. The van der Waals surface area contributed by atoms with Gasteiger partial charge in [0.2, 0.25) is 0 Å². The van der Waals surface area contributed by atoms with Crippen LogP contribution >= 0.6 is 11.3 Å². The summed E-state index contributed by atoms with van der Waals surface area (Å²) in [7, 11) is 6.07. The van der Waals surface area contributed by atoms with Gasteiger partial charge < -0.3 is 24.3 Å². The molecule has 1 aliphatic rings. The molecule has 0 unspecified atom stereocenters. The third-order valence-electron chi connectivity index (χ3n) is 5.15. The van der Waals surface area contributed by atoms with Crippen molar-refractivity contribution in [2.45, 2.75) is 0 Å². The number of ether oxygens (including phenoxy) is 4. The van der Waals surface area contributed by atoms with Crippen LogP contribution in [-0.2, 0) is 9.59 Å². The normalized spacial score (nSPS) is 13.4. The fraction of sp³-hybridized carbons (Fsp3) is 0.167. The minimum Gasteiger partial charge on any atom is -0.497 e. The Bertz CT molecular complexity index is 1240. The zero-order chi connectivity index (χ0) is 23.5. The molecule has 9 heteroatoms. The number of hydrogen-bond acceptors (Lipinski definition) is 8. The topological polar surface area (TPSA) is 86.3 Å². The number of imide groups is 1. The molecule has 8 nitrogen and oxygen atoms in total. The van der Waals surface area contributed by atoms with Gasteiger partial charge in [-0.1, -0.05) is 6.07 Å². The van der Waals surface area contributed by atoms with Gasteiger partial charge in [-0.2, -0.15) is 0 Å². The second-order valence-corrected chi connectivity index (χ2v) is 7.85. The Balaban J connectivity index is 1.83. The van der Waals surface area contributed by atoms with Gasteiger partial charge in [0.15, 0.2) is 0 Å². The summed E-state index contributed by atoms with van der Waals surface area (Å²) in [6, 6.07) is 13.7. The molecule has 0 aliphatic carbocycles. The summed E-state index contributed by atoms with van der Waals surface area (Å²) < 4.78 is 21.4. The maximum Gasteiger partial charge on any atom is 0.282 e. The highest BCUT2D eigenvalue weighted by Crippen LogP contribution is 2.41. The van der Waals surface area contributed by atoms with E-state index in [4.69, 9.17) is 18.9 Å². The van der Waals surface area contributed by atoms with E-state index in [1.54, 1.807) is 49.6 Å². The van der Waals surface area contributed by atoms with Crippen molar-refractivity contribution in [3.63, 3.8) is 0 Å². The van der Waals surface area contributed by atoms with E-state index in [9.17, 15) is 9.59 Å². The molecule has 4 rings (SSSR count). The van der Waals surface area contributed by atoms with Crippen molar-refractivity contribution in [1.29, 1.82) is 0 Å². The fourth-order valence-electron chi connectivity index (χ4n) is 3.53. The van der Waals surface area contributed by atoms with Crippen molar-refractivity contribution in [3.05, 3.63) is 64.5 Å². The van der Waals surface area contributed by atoms with Crippen molar-refractivity contribution >= 4 is 40.1 Å². The van der Waals surface area contributed by atoms with Gasteiger partial charge in [0.25, 0.3) is 11.8 Å². The summed E-state index contributed by atoms with van der Waals surface area (Å²) in [6.45, 7) is 0. The van der Waals surface area contributed by atoms with Crippen molar-refractivity contribution in [2.75, 3.05) is 38.7 Å². The first-order chi connectivity index (χ1) is 16.0. The standard InChI is InChI=1S/C24H22N2O6S/c1-29-14-8-10-18(31-3)16(12-14)25-22-21(20-6-5-11-33-20)23(27)26(24(22)28)17-9-7-15(30-2)13-19(17)32-4/h5-13,25H,1-4H3. The second kappa shape index (κ2) is 9.25. The summed E-state index contributed by atoms with van der Waals surface area (Å²) in [5.41, 5.74) is 1.20. The molecule has 1 aliphatic heterocycles. The smallest absolute Gasteiger partial charge is 0.282 e. The Labute approximate surface area is 194 Å². The number of carbonyl (C=O) groups is 2. The van der Waals surface area contributed by atoms with Crippen LogP contribution in [0.25, 0.3) is 5.57 Å². The third kappa shape index (κ3) is 3.98. The van der Waals surface area contributed by atoms with Crippen LogP contribution in [0.1, 0.15) is 4.88 Å². The predicted octanol–water partition coefficient (Wildman–Crippen LogP) is 4.18. The summed E-state index contributed by atoms with van der Waals surface area (Å²) >= 11 is 1.37. The van der Waals surface area contributed by atoms with Gasteiger partial charge in [0.1, 0.15) is 28.7 Å². The summed E-state index contributed by atoms with van der Waals surface area (Å²) in [5, 5.41) is 4.96. The summed E-state index contributed by atoms with van der Waals surface area (Å²) in [5.74, 6) is 0.964. The van der Waals surface area contributed by atoms with Crippen molar-refractivity contribution in [3.8, 4) is 23.0 Å². The predicted molar refractivity (Wildman–Crippen MR) is 126 cm³/mol. The molecule has 2 aromatic carbocycles. The van der Waals surface area contributed by atoms with E-state index >= 15 is 0 Å². The Morgan fingerprint density at radius 3 is 2.12 bits per heavy atom. The lowest BCUT2D eigenvalue weighted by Crippen LogP contribution is -2.32.